The van der Waals surface area contributed by atoms with Crippen molar-refractivity contribution in [1.29, 1.82) is 0 Å². The predicted octanol–water partition coefficient (Wildman–Crippen LogP) is 6.55. The molecule has 2 saturated carbocycles. The lowest BCUT2D eigenvalue weighted by Gasteiger charge is -2.38. The third-order valence-corrected chi connectivity index (χ3v) is 6.58. The maximum absolute atomic E-state index is 11.6. The van der Waals surface area contributed by atoms with E-state index in [1.165, 1.54) is 77.0 Å². The van der Waals surface area contributed by atoms with Crippen molar-refractivity contribution in [2.45, 2.75) is 104 Å². The second kappa shape index (κ2) is 9.73. The molecule has 1 nitrogen and oxygen atoms in total. The SMILES string of the molecule is CCCCCC1CCC(C2CCC(CC(=O)CC)CC2)CC1. The van der Waals surface area contributed by atoms with Crippen molar-refractivity contribution in [3.8, 4) is 0 Å². The molecule has 22 heavy (non-hydrogen) atoms. The van der Waals surface area contributed by atoms with Crippen LogP contribution in [0, 0.1) is 23.7 Å². The minimum absolute atomic E-state index is 0.482. The van der Waals surface area contributed by atoms with Gasteiger partial charge < -0.3 is 0 Å². The Labute approximate surface area is 138 Å². The molecule has 0 radical (unpaired) electrons. The van der Waals surface area contributed by atoms with Crippen LogP contribution in [0.3, 0.4) is 0 Å². The van der Waals surface area contributed by atoms with Crippen molar-refractivity contribution in [2.75, 3.05) is 0 Å². The van der Waals surface area contributed by atoms with E-state index >= 15 is 0 Å². The van der Waals surface area contributed by atoms with E-state index in [4.69, 9.17) is 0 Å². The number of carbonyl (C=O) groups excluding carboxylic acids is 1. The van der Waals surface area contributed by atoms with Gasteiger partial charge in [-0.05, 0) is 62.2 Å². The normalized spacial score (nSPS) is 32.8. The Morgan fingerprint density at radius 3 is 1.82 bits per heavy atom. The summed E-state index contributed by atoms with van der Waals surface area (Å²) in [7, 11) is 0. The van der Waals surface area contributed by atoms with Gasteiger partial charge in [0, 0.05) is 12.8 Å². The number of rotatable bonds is 8. The van der Waals surface area contributed by atoms with Gasteiger partial charge in [-0.1, -0.05) is 52.4 Å². The highest BCUT2D eigenvalue weighted by molar-refractivity contribution is 5.78. The standard InChI is InChI=1S/C21H38O/c1-3-5-6-7-17-8-12-19(13-9-17)20-14-10-18(11-15-20)16-21(22)4-2/h17-20H,3-16H2,1-2H3. The fourth-order valence-electron chi connectivity index (χ4n) is 4.96. The molecule has 0 N–H and O–H groups in total. The first-order valence-corrected chi connectivity index (χ1v) is 10.2. The van der Waals surface area contributed by atoms with Crippen LogP contribution in [0.5, 0.6) is 0 Å². The van der Waals surface area contributed by atoms with Gasteiger partial charge in [-0.3, -0.25) is 4.79 Å². The van der Waals surface area contributed by atoms with Gasteiger partial charge in [0.2, 0.25) is 0 Å². The van der Waals surface area contributed by atoms with E-state index in [-0.39, 0.29) is 0 Å². The molecule has 2 aliphatic rings. The Hall–Kier alpha value is -0.330. The van der Waals surface area contributed by atoms with E-state index in [1.807, 2.05) is 6.92 Å². The zero-order valence-corrected chi connectivity index (χ0v) is 15.1. The van der Waals surface area contributed by atoms with Crippen molar-refractivity contribution in [1.82, 2.24) is 0 Å². The smallest absolute Gasteiger partial charge is 0.132 e. The lowest BCUT2D eigenvalue weighted by atomic mass is 9.68. The molecule has 0 unspecified atom stereocenters. The molecule has 0 amide bonds. The molecule has 128 valence electrons. The van der Waals surface area contributed by atoms with Gasteiger partial charge in [0.25, 0.3) is 0 Å². The van der Waals surface area contributed by atoms with Gasteiger partial charge in [0.15, 0.2) is 0 Å². The van der Waals surface area contributed by atoms with E-state index < -0.39 is 0 Å². The lowest BCUT2D eigenvalue weighted by Crippen LogP contribution is -2.26. The maximum atomic E-state index is 11.6. The van der Waals surface area contributed by atoms with E-state index in [1.54, 1.807) is 0 Å². The first-order chi connectivity index (χ1) is 10.7. The van der Waals surface area contributed by atoms with Gasteiger partial charge in [-0.2, -0.15) is 0 Å². The average molecular weight is 307 g/mol. The van der Waals surface area contributed by atoms with Crippen LogP contribution in [0.4, 0.5) is 0 Å². The lowest BCUT2D eigenvalue weighted by molar-refractivity contribution is -0.120. The number of Topliss-reactive ketones (excluding diaryl/α,β-unsaturated/α-hetero) is 1. The summed E-state index contributed by atoms with van der Waals surface area (Å²) >= 11 is 0. The van der Waals surface area contributed by atoms with E-state index in [2.05, 4.69) is 6.92 Å². The molecule has 0 aromatic heterocycles. The molecule has 0 aromatic rings. The second-order valence-corrected chi connectivity index (χ2v) is 8.15. The Morgan fingerprint density at radius 1 is 0.773 bits per heavy atom. The first-order valence-electron chi connectivity index (χ1n) is 10.2. The molecular weight excluding hydrogens is 268 g/mol. The summed E-state index contributed by atoms with van der Waals surface area (Å²) in [5.41, 5.74) is 0. The molecule has 0 heterocycles. The van der Waals surface area contributed by atoms with Gasteiger partial charge >= 0.3 is 0 Å². The minimum atomic E-state index is 0.482. The Bertz CT molecular complexity index is 306. The summed E-state index contributed by atoms with van der Waals surface area (Å²) in [6.45, 7) is 4.31. The van der Waals surface area contributed by atoms with Crippen molar-refractivity contribution < 1.29 is 4.79 Å². The largest absolute Gasteiger partial charge is 0.300 e. The van der Waals surface area contributed by atoms with Crippen LogP contribution < -0.4 is 0 Å². The highest BCUT2D eigenvalue weighted by atomic mass is 16.1. The van der Waals surface area contributed by atoms with E-state index in [0.29, 0.717) is 11.7 Å². The molecule has 0 aromatic carbocycles. The van der Waals surface area contributed by atoms with Gasteiger partial charge in [0.1, 0.15) is 5.78 Å². The summed E-state index contributed by atoms with van der Waals surface area (Å²) in [6.07, 6.45) is 18.8. The minimum Gasteiger partial charge on any atom is -0.300 e. The van der Waals surface area contributed by atoms with Crippen LogP contribution in [0.25, 0.3) is 0 Å². The summed E-state index contributed by atoms with van der Waals surface area (Å²) in [4.78, 5) is 11.6. The van der Waals surface area contributed by atoms with Crippen LogP contribution in [0.1, 0.15) is 104 Å². The topological polar surface area (TPSA) is 17.1 Å². The van der Waals surface area contributed by atoms with Crippen LogP contribution in [0.15, 0.2) is 0 Å². The zero-order valence-electron chi connectivity index (χ0n) is 15.1. The summed E-state index contributed by atoms with van der Waals surface area (Å²) in [6, 6.07) is 0. The second-order valence-electron chi connectivity index (χ2n) is 8.15. The first kappa shape index (κ1) is 18.0. The number of hydrogen-bond acceptors (Lipinski definition) is 1. The summed E-state index contributed by atoms with van der Waals surface area (Å²) < 4.78 is 0. The van der Waals surface area contributed by atoms with Gasteiger partial charge in [-0.15, -0.1) is 0 Å². The van der Waals surface area contributed by atoms with Crippen LogP contribution in [-0.4, -0.2) is 5.78 Å². The quantitative estimate of drug-likeness (QED) is 0.465. The molecule has 0 atom stereocenters. The van der Waals surface area contributed by atoms with Crippen molar-refractivity contribution in [2.24, 2.45) is 23.7 Å². The third kappa shape index (κ3) is 5.70. The van der Waals surface area contributed by atoms with Crippen LogP contribution in [0.2, 0.25) is 0 Å². The number of ketones is 1. The Balaban J connectivity index is 1.63. The summed E-state index contributed by atoms with van der Waals surface area (Å²) in [5.74, 6) is 4.25. The van der Waals surface area contributed by atoms with Crippen LogP contribution in [-0.2, 0) is 4.79 Å². The van der Waals surface area contributed by atoms with Crippen LogP contribution >= 0.6 is 0 Å². The van der Waals surface area contributed by atoms with Crippen molar-refractivity contribution >= 4 is 5.78 Å². The fourth-order valence-corrected chi connectivity index (χ4v) is 4.96. The predicted molar refractivity (Wildman–Crippen MR) is 95.0 cm³/mol. The maximum Gasteiger partial charge on any atom is 0.132 e. The highest BCUT2D eigenvalue weighted by Crippen LogP contribution is 2.42. The van der Waals surface area contributed by atoms with Gasteiger partial charge in [0.05, 0.1) is 0 Å². The van der Waals surface area contributed by atoms with E-state index in [0.717, 1.165) is 30.6 Å². The number of hydrogen-bond donors (Lipinski definition) is 0. The van der Waals surface area contributed by atoms with Gasteiger partial charge in [-0.25, -0.2) is 0 Å². The molecule has 0 saturated heterocycles. The molecular formula is C21H38O. The van der Waals surface area contributed by atoms with Crippen molar-refractivity contribution in [3.63, 3.8) is 0 Å². The molecule has 1 heteroatoms. The molecule has 0 spiro atoms. The van der Waals surface area contributed by atoms with Crippen molar-refractivity contribution in [3.05, 3.63) is 0 Å². The average Bonchev–Trinajstić information content (AvgIpc) is 2.56. The van der Waals surface area contributed by atoms with E-state index in [9.17, 15) is 4.79 Å². The number of unbranched alkanes of at least 4 members (excludes halogenated alkanes) is 2. The fraction of sp³-hybridized carbons (Fsp3) is 0.952. The molecule has 0 bridgehead atoms. The zero-order chi connectivity index (χ0) is 15.8. The molecule has 0 aliphatic heterocycles. The monoisotopic (exact) mass is 306 g/mol. The Kier molecular flexibility index (Phi) is 7.97. The molecule has 2 fully saturated rings. The third-order valence-electron chi connectivity index (χ3n) is 6.58. The molecule has 2 rings (SSSR count). The molecule has 2 aliphatic carbocycles. The highest BCUT2D eigenvalue weighted by Gasteiger charge is 2.31. The Morgan fingerprint density at radius 2 is 1.32 bits per heavy atom. The summed E-state index contributed by atoms with van der Waals surface area (Å²) in [5, 5.41) is 0. The number of carbonyl (C=O) groups is 1.